The van der Waals surface area contributed by atoms with Crippen molar-refractivity contribution in [1.82, 2.24) is 15.0 Å². The second-order valence-electron chi connectivity index (χ2n) is 12.9. The molecule has 1 aromatic heterocycles. The van der Waals surface area contributed by atoms with Crippen LogP contribution in [0.4, 0.5) is 29.0 Å². The summed E-state index contributed by atoms with van der Waals surface area (Å²) in [7, 11) is -29.8. The summed E-state index contributed by atoms with van der Waals surface area (Å²) in [6.45, 7) is -0.898. The van der Waals surface area contributed by atoms with Gasteiger partial charge in [0.1, 0.15) is 51.8 Å². The van der Waals surface area contributed by atoms with Gasteiger partial charge in [0.2, 0.25) is 17.2 Å². The van der Waals surface area contributed by atoms with Gasteiger partial charge in [0.25, 0.3) is 0 Å². The van der Waals surface area contributed by atoms with Gasteiger partial charge in [-0.05, 0) is 47.3 Å². The maximum Gasteiger partial charge on any atom is 1.00 e. The number of hydrogen-bond donors (Lipinski definition) is 2. The summed E-state index contributed by atoms with van der Waals surface area (Å²) in [6.07, 6.45) is 0. The van der Waals surface area contributed by atoms with Crippen molar-refractivity contribution >= 4 is 145 Å². The van der Waals surface area contributed by atoms with Crippen LogP contribution in [0.15, 0.2) is 78.3 Å². The summed E-state index contributed by atoms with van der Waals surface area (Å²) in [4.78, 5) is 8.19. The van der Waals surface area contributed by atoms with E-state index in [0.29, 0.717) is 24.3 Å². The Balaban J connectivity index is 0.00000578. The van der Waals surface area contributed by atoms with Crippen molar-refractivity contribution in [1.29, 1.82) is 0 Å². The summed E-state index contributed by atoms with van der Waals surface area (Å²) in [6, 6.07) is 5.78. The van der Waals surface area contributed by atoms with E-state index < -0.39 is 177 Å². The van der Waals surface area contributed by atoms with Crippen molar-refractivity contribution in [2.75, 3.05) is 58.1 Å². The zero-order valence-corrected chi connectivity index (χ0v) is 50.7. The number of sulfone groups is 2. The van der Waals surface area contributed by atoms with E-state index in [1.807, 2.05) is 0 Å². The van der Waals surface area contributed by atoms with Crippen LogP contribution >= 0.6 is 34.8 Å². The van der Waals surface area contributed by atoms with E-state index in [4.69, 9.17) is 34.8 Å². The molecule has 0 bridgehead atoms. The number of alkyl halides is 2. The molecule has 68 heavy (non-hydrogen) atoms. The first-order valence-electron chi connectivity index (χ1n) is 17.1. The van der Waals surface area contributed by atoms with Crippen LogP contribution in [-0.2, 0) is 60.1 Å². The first-order valence-corrected chi connectivity index (χ1v) is 27.8. The van der Waals surface area contributed by atoms with Crippen molar-refractivity contribution in [3.8, 4) is 5.75 Å². The SMILES string of the molecule is O=S(=O)(CCCl)CCN(CCS(=O)(=O)CCCl)c1nc(Cl)nc(Nc2cc(S(=O)(=O)[O-])cc3cc(S(=O)(=O)[O-])c(N=Nc4ccc5c(S(=O)(=O)[O-])cccc5c4S(=O)(=O)[O-])c(O)c23)n1.[Na+].[Na+].[Na+].[Na+]. The van der Waals surface area contributed by atoms with E-state index >= 15 is 0 Å². The fourth-order valence-corrected chi connectivity index (χ4v) is 12.0. The number of benzene rings is 4. The van der Waals surface area contributed by atoms with Crippen molar-refractivity contribution < 1.29 is 192 Å². The second-order valence-corrected chi connectivity index (χ2v) is 24.0. The fraction of sp³-hybridized carbons (Fsp3) is 0.258. The summed E-state index contributed by atoms with van der Waals surface area (Å²) in [5, 5.41) is 18.0. The first-order chi connectivity index (χ1) is 29.5. The molecule has 348 valence electrons. The standard InChI is InChI=1S/C31H30Cl3N7O17S6.4Na/c32-6-10-59(43,44)12-8-41(9-13-60(45,46)11-7-33)31-37-29(34)36-30(38-31)35-22-16-18(61(47,48)49)14-17-15-24(63(53,54)55)26(27(42)25(17)22)40-39-21-5-4-19-20(28(21)64(56,57)58)2-1-3-23(19)62(50,51)52;;;;/h1-5,14-16,42H,6-13H2,(H,47,48,49)(H,50,51,52)(H,53,54,55)(H,56,57,58)(H,35,36,37,38);;;;/q;4*+1/p-4. The summed E-state index contributed by atoms with van der Waals surface area (Å²) in [5.74, 6) is -5.14. The van der Waals surface area contributed by atoms with Gasteiger partial charge in [0, 0.05) is 41.0 Å². The van der Waals surface area contributed by atoms with Crippen LogP contribution in [0.1, 0.15) is 0 Å². The predicted molar refractivity (Wildman–Crippen MR) is 225 cm³/mol. The Morgan fingerprint density at radius 3 is 1.69 bits per heavy atom. The molecule has 0 saturated heterocycles. The Morgan fingerprint density at radius 2 is 1.19 bits per heavy atom. The molecule has 1 heterocycles. The quantitative estimate of drug-likeness (QED) is 0.0335. The van der Waals surface area contributed by atoms with Crippen LogP contribution in [0.3, 0.4) is 0 Å². The van der Waals surface area contributed by atoms with Gasteiger partial charge in [-0.15, -0.1) is 33.4 Å². The molecule has 0 aliphatic rings. The van der Waals surface area contributed by atoms with Gasteiger partial charge in [-0.25, -0.2) is 50.5 Å². The molecule has 2 N–H and O–H groups in total. The molecule has 4 aromatic carbocycles. The van der Waals surface area contributed by atoms with Crippen LogP contribution in [-0.4, -0.2) is 137 Å². The third kappa shape index (κ3) is 16.9. The zero-order chi connectivity index (χ0) is 47.8. The molecule has 0 aliphatic carbocycles. The van der Waals surface area contributed by atoms with Crippen molar-refractivity contribution in [2.45, 2.75) is 19.6 Å². The van der Waals surface area contributed by atoms with Gasteiger partial charge in [0.05, 0.1) is 48.3 Å². The molecule has 37 heteroatoms. The molecule has 0 spiro atoms. The Hall–Kier alpha value is -0.180. The van der Waals surface area contributed by atoms with Crippen molar-refractivity contribution in [3.63, 3.8) is 0 Å². The van der Waals surface area contributed by atoms with Crippen molar-refractivity contribution in [2.24, 2.45) is 10.2 Å². The number of phenols is 1. The van der Waals surface area contributed by atoms with Crippen LogP contribution in [0.2, 0.25) is 5.28 Å². The molecule has 0 amide bonds. The number of phenolic OH excluding ortho intramolecular Hbond substituents is 1. The monoisotopic (exact) mass is 1160 g/mol. The van der Waals surface area contributed by atoms with Gasteiger partial charge in [-0.2, -0.15) is 15.0 Å². The smallest absolute Gasteiger partial charge is 0.744 e. The normalized spacial score (nSPS) is 12.5. The summed E-state index contributed by atoms with van der Waals surface area (Å²) >= 11 is 17.4. The van der Waals surface area contributed by atoms with E-state index in [-0.39, 0.29) is 130 Å². The third-order valence-corrected chi connectivity index (χ3v) is 16.4. The largest absolute Gasteiger partial charge is 1.00 e. The van der Waals surface area contributed by atoms with E-state index in [9.17, 15) is 73.8 Å². The molecule has 24 nitrogen and oxygen atoms in total. The van der Waals surface area contributed by atoms with Crippen LogP contribution < -0.4 is 128 Å². The average Bonchev–Trinajstić information content (AvgIpc) is 3.14. The van der Waals surface area contributed by atoms with Crippen LogP contribution in [0.25, 0.3) is 21.5 Å². The molecule has 5 aromatic rings. The maximum absolute atomic E-state index is 12.6. The average molecular weight is 1160 g/mol. The molecule has 0 unspecified atom stereocenters. The minimum Gasteiger partial charge on any atom is -0.744 e. The van der Waals surface area contributed by atoms with E-state index in [2.05, 4.69) is 30.5 Å². The van der Waals surface area contributed by atoms with Gasteiger partial charge in [-0.3, -0.25) is 0 Å². The Bertz CT molecular complexity index is 3400. The van der Waals surface area contributed by atoms with Crippen LogP contribution in [0, 0.1) is 0 Å². The van der Waals surface area contributed by atoms with Gasteiger partial charge in [0.15, 0.2) is 25.4 Å². The first kappa shape index (κ1) is 65.8. The second kappa shape index (κ2) is 25.9. The number of aromatic nitrogens is 3. The number of hydrogen-bond acceptors (Lipinski definition) is 24. The Kier molecular flexibility index (Phi) is 25.0. The summed E-state index contributed by atoms with van der Waals surface area (Å²) < 4.78 is 198. The van der Waals surface area contributed by atoms with Crippen LogP contribution in [0.5, 0.6) is 5.75 Å². The maximum atomic E-state index is 12.6. The van der Waals surface area contributed by atoms with Gasteiger partial charge in [-0.1, -0.05) is 18.2 Å². The third-order valence-electron chi connectivity index (χ3n) is 8.66. The van der Waals surface area contributed by atoms with E-state index in [1.165, 1.54) is 0 Å². The number of nitrogens with zero attached hydrogens (tertiary/aromatic N) is 6. The number of fused-ring (bicyclic) bond motifs is 2. The van der Waals surface area contributed by atoms with E-state index in [0.717, 1.165) is 29.2 Å². The molecule has 0 saturated carbocycles. The molecular formula is C31H26Cl3N7Na4O17S6. The topological polar surface area (TPSA) is 396 Å². The molecule has 0 radical (unpaired) electrons. The molecule has 0 aliphatic heterocycles. The fourth-order valence-electron chi connectivity index (χ4n) is 5.85. The molecule has 0 fully saturated rings. The molecule has 5 rings (SSSR count). The number of nitrogens with one attached hydrogen (secondary N) is 1. The number of anilines is 3. The summed E-state index contributed by atoms with van der Waals surface area (Å²) in [5.41, 5.74) is -2.87. The number of halogens is 3. The van der Waals surface area contributed by atoms with E-state index in [1.54, 1.807) is 0 Å². The Labute approximate surface area is 492 Å². The zero-order valence-electron chi connectivity index (χ0n) is 35.5. The number of aromatic hydroxyl groups is 1. The number of rotatable bonds is 19. The minimum absolute atomic E-state index is 0. The molecule has 0 atom stereocenters. The predicted octanol–water partition coefficient (Wildman–Crippen LogP) is -9.56. The van der Waals surface area contributed by atoms with Gasteiger partial charge >= 0.3 is 118 Å². The van der Waals surface area contributed by atoms with Gasteiger partial charge < -0.3 is 33.5 Å². The number of azo groups is 1. The Morgan fingerprint density at radius 1 is 0.632 bits per heavy atom. The molecular weight excluding hydrogens is 1130 g/mol. The minimum atomic E-state index is -5.78. The van der Waals surface area contributed by atoms with Crippen molar-refractivity contribution in [3.05, 3.63) is 53.8 Å².